The average molecular weight is 502 g/mol. The first-order chi connectivity index (χ1) is 15.0. The van der Waals surface area contributed by atoms with Crippen molar-refractivity contribution in [2.75, 3.05) is 4.90 Å². The number of hydrogen-bond acceptors (Lipinski definition) is 4. The van der Waals surface area contributed by atoms with E-state index in [1.165, 1.54) is 29.2 Å². The van der Waals surface area contributed by atoms with Crippen LogP contribution in [0.5, 0.6) is 0 Å². The molecule has 164 valence electrons. The molecule has 0 saturated carbocycles. The Hall–Kier alpha value is -3.05. The number of halogens is 4. The maximum absolute atomic E-state index is 14.8. The van der Waals surface area contributed by atoms with Gasteiger partial charge in [-0.2, -0.15) is 5.26 Å². The second-order valence-electron chi connectivity index (χ2n) is 8.75. The highest BCUT2D eigenvalue weighted by Crippen LogP contribution is 2.50. The first-order valence-electron chi connectivity index (χ1n) is 9.90. The summed E-state index contributed by atoms with van der Waals surface area (Å²) in [6.45, 7) is 3.83. The molecule has 0 aromatic heterocycles. The van der Waals surface area contributed by atoms with Crippen molar-refractivity contribution in [1.29, 1.82) is 5.26 Å². The molecule has 1 heterocycles. The zero-order valence-corrected chi connectivity index (χ0v) is 18.9. The van der Waals surface area contributed by atoms with E-state index in [9.17, 15) is 23.2 Å². The summed E-state index contributed by atoms with van der Waals surface area (Å²) in [5.74, 6) is -3.18. The fraction of sp³-hybridized carbons (Fsp3) is 0.250. The van der Waals surface area contributed by atoms with Gasteiger partial charge in [0.15, 0.2) is 5.78 Å². The third kappa shape index (κ3) is 3.61. The van der Waals surface area contributed by atoms with Crippen molar-refractivity contribution in [3.8, 4) is 6.07 Å². The Morgan fingerprint density at radius 2 is 1.84 bits per heavy atom. The van der Waals surface area contributed by atoms with Crippen molar-refractivity contribution in [3.05, 3.63) is 86.6 Å². The Morgan fingerprint density at radius 3 is 2.47 bits per heavy atom. The van der Waals surface area contributed by atoms with Gasteiger partial charge in [0.1, 0.15) is 23.3 Å². The number of benzene rings is 2. The number of hydrogen-bond donors (Lipinski definition) is 1. The van der Waals surface area contributed by atoms with Gasteiger partial charge in [0, 0.05) is 23.8 Å². The number of nitrogens with zero attached hydrogens (tertiary/aromatic N) is 2. The monoisotopic (exact) mass is 501 g/mol. The van der Waals surface area contributed by atoms with Crippen LogP contribution in [0.1, 0.15) is 38.2 Å². The van der Waals surface area contributed by atoms with Crippen molar-refractivity contribution < 1.29 is 18.0 Å². The van der Waals surface area contributed by atoms with E-state index in [4.69, 9.17) is 5.73 Å². The molecule has 0 spiro atoms. The highest BCUT2D eigenvalue weighted by atomic mass is 79.9. The van der Waals surface area contributed by atoms with Gasteiger partial charge in [-0.15, -0.1) is 0 Å². The third-order valence-corrected chi connectivity index (χ3v) is 6.42. The van der Waals surface area contributed by atoms with Gasteiger partial charge in [-0.25, -0.2) is 13.2 Å². The van der Waals surface area contributed by atoms with Crippen LogP contribution in [0.3, 0.4) is 0 Å². The zero-order chi connectivity index (χ0) is 23.4. The summed E-state index contributed by atoms with van der Waals surface area (Å²) < 4.78 is 42.4. The molecule has 2 aromatic rings. The third-order valence-electron chi connectivity index (χ3n) is 5.81. The van der Waals surface area contributed by atoms with Crippen molar-refractivity contribution in [2.45, 2.75) is 32.6 Å². The standard InChI is InChI=1S/C24H19BrF3N3O/c1-24(2)9-19-22(20(32)10-24)21(12-3-5-16(27)15(25)7-12)14(11-29)23(30)31(19)18-6-4-13(26)8-17(18)28/h3-8,21H,9-10,30H2,1-2H3. The topological polar surface area (TPSA) is 70.1 Å². The highest BCUT2D eigenvalue weighted by Gasteiger charge is 2.45. The highest BCUT2D eigenvalue weighted by molar-refractivity contribution is 9.10. The van der Waals surface area contributed by atoms with Crippen molar-refractivity contribution in [2.24, 2.45) is 11.1 Å². The van der Waals surface area contributed by atoms with E-state index in [0.29, 0.717) is 23.3 Å². The van der Waals surface area contributed by atoms with Crippen LogP contribution in [0.2, 0.25) is 0 Å². The number of ketones is 1. The number of anilines is 1. The fourth-order valence-corrected chi connectivity index (χ4v) is 4.87. The van der Waals surface area contributed by atoms with Crippen molar-refractivity contribution >= 4 is 27.4 Å². The Labute approximate surface area is 191 Å². The molecule has 0 amide bonds. The molecule has 0 radical (unpaired) electrons. The first kappa shape index (κ1) is 22.2. The lowest BCUT2D eigenvalue weighted by Gasteiger charge is -2.43. The smallest absolute Gasteiger partial charge is 0.162 e. The van der Waals surface area contributed by atoms with Gasteiger partial charge in [0.25, 0.3) is 0 Å². The van der Waals surface area contributed by atoms with E-state index in [-0.39, 0.29) is 33.8 Å². The van der Waals surface area contributed by atoms with Gasteiger partial charge < -0.3 is 5.73 Å². The average Bonchev–Trinajstić information content (AvgIpc) is 2.69. The number of carbonyl (C=O) groups excluding carboxylic acids is 1. The quantitative estimate of drug-likeness (QED) is 0.563. The summed E-state index contributed by atoms with van der Waals surface area (Å²) in [6.07, 6.45) is 0.603. The van der Waals surface area contributed by atoms with Crippen molar-refractivity contribution in [1.82, 2.24) is 0 Å². The molecule has 2 aromatic carbocycles. The molecule has 0 saturated heterocycles. The number of allylic oxidation sites excluding steroid dienone is 3. The first-order valence-corrected chi connectivity index (χ1v) is 10.7. The summed E-state index contributed by atoms with van der Waals surface area (Å²) in [4.78, 5) is 14.7. The molecule has 32 heavy (non-hydrogen) atoms. The largest absolute Gasteiger partial charge is 0.384 e. The predicted octanol–water partition coefficient (Wildman–Crippen LogP) is 5.81. The Morgan fingerprint density at radius 1 is 1.12 bits per heavy atom. The number of carbonyl (C=O) groups is 1. The predicted molar refractivity (Wildman–Crippen MR) is 118 cm³/mol. The van der Waals surface area contributed by atoms with E-state index >= 15 is 0 Å². The summed E-state index contributed by atoms with van der Waals surface area (Å²) in [7, 11) is 0. The lowest BCUT2D eigenvalue weighted by atomic mass is 9.68. The minimum Gasteiger partial charge on any atom is -0.384 e. The van der Waals surface area contributed by atoms with Crippen LogP contribution in [-0.4, -0.2) is 5.78 Å². The van der Waals surface area contributed by atoms with Crippen LogP contribution in [0, 0.1) is 34.2 Å². The summed E-state index contributed by atoms with van der Waals surface area (Å²) in [6, 6.07) is 9.38. The number of nitriles is 1. The van der Waals surface area contributed by atoms with Gasteiger partial charge in [0.2, 0.25) is 0 Å². The minimum atomic E-state index is -0.865. The molecule has 2 aliphatic rings. The molecule has 2 N–H and O–H groups in total. The molecule has 1 atom stereocenters. The van der Waals surface area contributed by atoms with Crippen LogP contribution in [-0.2, 0) is 4.79 Å². The van der Waals surface area contributed by atoms with Gasteiger partial charge in [0.05, 0.1) is 27.7 Å². The van der Waals surface area contributed by atoms with Gasteiger partial charge in [-0.05, 0) is 57.6 Å². The molecule has 1 unspecified atom stereocenters. The second-order valence-corrected chi connectivity index (χ2v) is 9.60. The van der Waals surface area contributed by atoms with E-state index in [2.05, 4.69) is 22.0 Å². The molecular weight excluding hydrogens is 483 g/mol. The Bertz CT molecular complexity index is 1260. The lowest BCUT2D eigenvalue weighted by molar-refractivity contribution is -0.118. The molecule has 0 fully saturated rings. The normalized spacial score (nSPS) is 20.3. The van der Waals surface area contributed by atoms with Crippen LogP contribution < -0.4 is 10.6 Å². The maximum atomic E-state index is 14.8. The Kier molecular flexibility index (Phi) is 5.41. The van der Waals surface area contributed by atoms with Gasteiger partial charge >= 0.3 is 0 Å². The summed E-state index contributed by atoms with van der Waals surface area (Å²) in [5.41, 5.74) is 7.24. The van der Waals surface area contributed by atoms with Crippen LogP contribution in [0.25, 0.3) is 0 Å². The fourth-order valence-electron chi connectivity index (χ4n) is 4.47. The molecule has 1 aliphatic carbocycles. The van der Waals surface area contributed by atoms with E-state index in [0.717, 1.165) is 12.1 Å². The molecule has 4 nitrogen and oxygen atoms in total. The van der Waals surface area contributed by atoms with E-state index < -0.39 is 28.8 Å². The van der Waals surface area contributed by atoms with Gasteiger partial charge in [-0.3, -0.25) is 9.69 Å². The van der Waals surface area contributed by atoms with Crippen LogP contribution in [0.15, 0.2) is 63.5 Å². The molecule has 1 aliphatic heterocycles. The lowest BCUT2D eigenvalue weighted by Crippen LogP contribution is -2.42. The molecule has 0 bridgehead atoms. The van der Waals surface area contributed by atoms with E-state index in [1.807, 2.05) is 13.8 Å². The summed E-state index contributed by atoms with van der Waals surface area (Å²) in [5, 5.41) is 9.99. The maximum Gasteiger partial charge on any atom is 0.162 e. The van der Waals surface area contributed by atoms with Crippen LogP contribution >= 0.6 is 15.9 Å². The van der Waals surface area contributed by atoms with E-state index in [1.54, 1.807) is 0 Å². The SMILES string of the molecule is CC1(C)CC(=O)C2=C(C1)N(c1ccc(F)cc1F)C(N)=C(C#N)C2c1ccc(F)c(Br)c1. The number of nitrogens with two attached hydrogens (primary N) is 1. The second kappa shape index (κ2) is 7.82. The minimum absolute atomic E-state index is 0.0408. The summed E-state index contributed by atoms with van der Waals surface area (Å²) >= 11 is 3.15. The zero-order valence-electron chi connectivity index (χ0n) is 17.3. The molecule has 8 heteroatoms. The Balaban J connectivity index is 2.03. The van der Waals surface area contributed by atoms with Crippen LogP contribution in [0.4, 0.5) is 18.9 Å². The molecular formula is C24H19BrF3N3O. The molecule has 4 rings (SSSR count). The van der Waals surface area contributed by atoms with Crippen molar-refractivity contribution in [3.63, 3.8) is 0 Å². The van der Waals surface area contributed by atoms with Gasteiger partial charge in [-0.1, -0.05) is 19.9 Å². The number of rotatable bonds is 2. The number of Topliss-reactive ketones (excluding diaryl/α,β-unsaturated/α-hetero) is 1.